The van der Waals surface area contributed by atoms with Gasteiger partial charge in [-0.1, -0.05) is 12.1 Å². The molecule has 1 aromatic rings. The van der Waals surface area contributed by atoms with Gasteiger partial charge in [-0.3, -0.25) is 9.59 Å². The molecule has 1 saturated heterocycles. The second-order valence-electron chi connectivity index (χ2n) is 4.89. The lowest BCUT2D eigenvalue weighted by Gasteiger charge is -2.38. The summed E-state index contributed by atoms with van der Waals surface area (Å²) in [5.74, 6) is -2.21. The number of carbonyl (C=O) groups excluding carboxylic acids is 2. The van der Waals surface area contributed by atoms with Crippen molar-refractivity contribution < 1.29 is 24.6 Å². The van der Waals surface area contributed by atoms with E-state index in [0.717, 1.165) is 0 Å². The van der Waals surface area contributed by atoms with Crippen molar-refractivity contribution in [3.05, 3.63) is 35.4 Å². The first-order chi connectivity index (χ1) is 9.40. The molecule has 0 unspecified atom stereocenters. The van der Waals surface area contributed by atoms with Crippen molar-refractivity contribution in [2.24, 2.45) is 5.92 Å². The summed E-state index contributed by atoms with van der Waals surface area (Å²) in [5.41, 5.74) is 0.330. The normalized spacial score (nSPS) is 22.6. The van der Waals surface area contributed by atoms with Crippen LogP contribution in [0.15, 0.2) is 24.3 Å². The molecular formula is C14H15NO5. The average Bonchev–Trinajstić information content (AvgIpc) is 2.37. The fraction of sp³-hybridized carbons (Fsp3) is 0.357. The van der Waals surface area contributed by atoms with Crippen LogP contribution >= 0.6 is 0 Å². The highest BCUT2D eigenvalue weighted by atomic mass is 16.4. The molecule has 2 rings (SSSR count). The Balaban J connectivity index is 2.07. The van der Waals surface area contributed by atoms with Gasteiger partial charge in [-0.15, -0.1) is 0 Å². The maximum absolute atomic E-state index is 12.1. The topological polar surface area (TPSA) is 104 Å². The average molecular weight is 277 g/mol. The Hall–Kier alpha value is -2.21. The second kappa shape index (κ2) is 5.42. The van der Waals surface area contributed by atoms with Gasteiger partial charge in [0.2, 0.25) is 5.91 Å². The number of β-lactam (4-membered cyclic amide) rings is 1. The maximum Gasteiger partial charge on any atom is 0.335 e. The Morgan fingerprint density at radius 2 is 2.00 bits per heavy atom. The fourth-order valence-corrected chi connectivity index (χ4v) is 2.33. The highest BCUT2D eigenvalue weighted by molar-refractivity contribution is 6.00. The van der Waals surface area contributed by atoms with Crippen LogP contribution in [0.2, 0.25) is 0 Å². The second-order valence-corrected chi connectivity index (χ2v) is 4.89. The third-order valence-electron chi connectivity index (χ3n) is 3.42. The maximum atomic E-state index is 12.1. The SMILES string of the molecule is C[C@@H](O)[C@H]1C(=O)N[C@@H]1CC(=O)c1cccc(C(=O)O)c1. The number of ketones is 1. The number of rotatable bonds is 5. The van der Waals surface area contributed by atoms with E-state index in [0.29, 0.717) is 0 Å². The number of hydrogen-bond acceptors (Lipinski definition) is 4. The zero-order valence-electron chi connectivity index (χ0n) is 10.9. The van der Waals surface area contributed by atoms with Gasteiger partial charge in [0, 0.05) is 12.0 Å². The van der Waals surface area contributed by atoms with E-state index in [-0.39, 0.29) is 29.2 Å². The first-order valence-electron chi connectivity index (χ1n) is 6.25. The number of amides is 1. The van der Waals surface area contributed by atoms with Crippen LogP contribution in [0.5, 0.6) is 0 Å². The fourth-order valence-electron chi connectivity index (χ4n) is 2.33. The smallest absolute Gasteiger partial charge is 0.335 e. The molecular weight excluding hydrogens is 262 g/mol. The van der Waals surface area contributed by atoms with Crippen molar-refractivity contribution in [3.63, 3.8) is 0 Å². The molecule has 0 bridgehead atoms. The van der Waals surface area contributed by atoms with Crippen LogP contribution in [0.25, 0.3) is 0 Å². The summed E-state index contributed by atoms with van der Waals surface area (Å²) >= 11 is 0. The van der Waals surface area contributed by atoms with Crippen LogP contribution < -0.4 is 5.32 Å². The molecule has 0 spiro atoms. The molecule has 0 radical (unpaired) electrons. The highest BCUT2D eigenvalue weighted by Gasteiger charge is 2.43. The van der Waals surface area contributed by atoms with E-state index in [1.54, 1.807) is 0 Å². The Labute approximate surface area is 115 Å². The van der Waals surface area contributed by atoms with E-state index in [1.807, 2.05) is 0 Å². The number of carbonyl (C=O) groups is 3. The molecule has 0 saturated carbocycles. The van der Waals surface area contributed by atoms with Crippen molar-refractivity contribution in [2.45, 2.75) is 25.5 Å². The van der Waals surface area contributed by atoms with Gasteiger partial charge in [0.1, 0.15) is 0 Å². The Kier molecular flexibility index (Phi) is 3.85. The molecule has 20 heavy (non-hydrogen) atoms. The minimum atomic E-state index is -1.10. The molecule has 1 fully saturated rings. The summed E-state index contributed by atoms with van der Waals surface area (Å²) in [6.07, 6.45) is -0.767. The first-order valence-corrected chi connectivity index (χ1v) is 6.25. The summed E-state index contributed by atoms with van der Waals surface area (Å²) in [7, 11) is 0. The van der Waals surface area contributed by atoms with E-state index in [9.17, 15) is 19.5 Å². The van der Waals surface area contributed by atoms with Crippen LogP contribution in [0.4, 0.5) is 0 Å². The van der Waals surface area contributed by atoms with Crippen molar-refractivity contribution >= 4 is 17.7 Å². The minimum Gasteiger partial charge on any atom is -0.478 e. The molecule has 1 heterocycles. The Morgan fingerprint density at radius 1 is 1.35 bits per heavy atom. The molecule has 3 atom stereocenters. The van der Waals surface area contributed by atoms with Gasteiger partial charge >= 0.3 is 5.97 Å². The van der Waals surface area contributed by atoms with Gasteiger partial charge in [-0.2, -0.15) is 0 Å². The number of Topliss-reactive ketones (excluding diaryl/α,β-unsaturated/α-hetero) is 1. The van der Waals surface area contributed by atoms with E-state index in [2.05, 4.69) is 5.32 Å². The Bertz CT molecular complexity index is 566. The molecule has 0 aliphatic carbocycles. The van der Waals surface area contributed by atoms with Crippen LogP contribution in [0.3, 0.4) is 0 Å². The van der Waals surface area contributed by atoms with E-state index in [1.165, 1.54) is 31.2 Å². The molecule has 3 N–H and O–H groups in total. The van der Waals surface area contributed by atoms with Crippen molar-refractivity contribution in [1.29, 1.82) is 0 Å². The highest BCUT2D eigenvalue weighted by Crippen LogP contribution is 2.23. The summed E-state index contributed by atoms with van der Waals surface area (Å²) in [4.78, 5) is 34.2. The molecule has 0 aromatic heterocycles. The standard InChI is InChI=1S/C14H15NO5/c1-7(16)12-10(15-13(12)18)6-11(17)8-3-2-4-9(5-8)14(19)20/h2-5,7,10,12,16H,6H2,1H3,(H,15,18)(H,19,20)/t7-,10-,12-/m1/s1. The van der Waals surface area contributed by atoms with Crippen LogP contribution in [-0.4, -0.2) is 40.0 Å². The largest absolute Gasteiger partial charge is 0.478 e. The molecule has 6 nitrogen and oxygen atoms in total. The summed E-state index contributed by atoms with van der Waals surface area (Å²) in [5, 5.41) is 20.9. The third kappa shape index (κ3) is 2.70. The van der Waals surface area contributed by atoms with Gasteiger partial charge in [0.15, 0.2) is 5.78 Å². The number of hydrogen-bond donors (Lipinski definition) is 3. The van der Waals surface area contributed by atoms with Gasteiger partial charge in [0.25, 0.3) is 0 Å². The first kappa shape index (κ1) is 14.2. The molecule has 1 aromatic carbocycles. The van der Waals surface area contributed by atoms with Crippen molar-refractivity contribution in [1.82, 2.24) is 5.32 Å². The zero-order chi connectivity index (χ0) is 14.9. The summed E-state index contributed by atoms with van der Waals surface area (Å²) in [6.45, 7) is 1.51. The lowest BCUT2D eigenvalue weighted by atomic mass is 9.82. The molecule has 6 heteroatoms. The van der Waals surface area contributed by atoms with E-state index < -0.39 is 24.0 Å². The minimum absolute atomic E-state index is 0.0422. The van der Waals surface area contributed by atoms with Gasteiger partial charge in [0.05, 0.1) is 23.6 Å². The predicted octanol–water partition coefficient (Wildman–Crippen LogP) is 0.453. The summed E-state index contributed by atoms with van der Waals surface area (Å²) < 4.78 is 0. The number of aliphatic hydroxyl groups is 1. The monoisotopic (exact) mass is 277 g/mol. The van der Waals surface area contributed by atoms with Crippen molar-refractivity contribution in [3.8, 4) is 0 Å². The quantitative estimate of drug-likeness (QED) is 0.535. The van der Waals surface area contributed by atoms with Crippen LogP contribution in [0, 0.1) is 5.92 Å². The Morgan fingerprint density at radius 3 is 2.55 bits per heavy atom. The van der Waals surface area contributed by atoms with Gasteiger partial charge in [-0.25, -0.2) is 4.79 Å². The molecule has 106 valence electrons. The molecule has 1 aliphatic heterocycles. The summed E-state index contributed by atoms with van der Waals surface area (Å²) in [6, 6.07) is 5.35. The number of aliphatic hydroxyl groups excluding tert-OH is 1. The number of nitrogens with one attached hydrogen (secondary N) is 1. The number of benzene rings is 1. The number of aromatic carboxylic acids is 1. The lowest BCUT2D eigenvalue weighted by molar-refractivity contribution is -0.140. The van der Waals surface area contributed by atoms with Crippen LogP contribution in [0.1, 0.15) is 34.1 Å². The number of carboxylic acid groups (broad SMARTS) is 1. The predicted molar refractivity (Wildman–Crippen MR) is 69.5 cm³/mol. The van der Waals surface area contributed by atoms with E-state index >= 15 is 0 Å². The van der Waals surface area contributed by atoms with Crippen LogP contribution in [-0.2, 0) is 4.79 Å². The van der Waals surface area contributed by atoms with Gasteiger partial charge in [-0.05, 0) is 19.1 Å². The third-order valence-corrected chi connectivity index (χ3v) is 3.42. The number of carboxylic acids is 1. The molecule has 1 amide bonds. The van der Waals surface area contributed by atoms with Gasteiger partial charge < -0.3 is 15.5 Å². The van der Waals surface area contributed by atoms with Crippen molar-refractivity contribution in [2.75, 3.05) is 0 Å². The van der Waals surface area contributed by atoms with E-state index in [4.69, 9.17) is 5.11 Å². The lowest BCUT2D eigenvalue weighted by Crippen LogP contribution is -2.62. The molecule has 1 aliphatic rings. The zero-order valence-corrected chi connectivity index (χ0v) is 10.9.